The van der Waals surface area contributed by atoms with E-state index in [1.807, 2.05) is 48.7 Å². The van der Waals surface area contributed by atoms with E-state index in [4.69, 9.17) is 9.47 Å². The number of para-hydroxylation sites is 1. The predicted octanol–water partition coefficient (Wildman–Crippen LogP) is 5.55. The summed E-state index contributed by atoms with van der Waals surface area (Å²) in [6.07, 6.45) is 0. The summed E-state index contributed by atoms with van der Waals surface area (Å²) >= 11 is 1.26. The molecular formula is C22H22N2O4S. The standard InChI is InChI=1S/C22H22N2O4S/c1-4-28-21(25)19-17(16-12-14(2)10-11-18(16)27-3)13-29-20(19)24-22(26)23-15-8-6-5-7-9-15/h5-13H,4H2,1-3H3,(H2,23,24,26). The number of rotatable bonds is 6. The van der Waals surface area contributed by atoms with Crippen LogP contribution in [0.25, 0.3) is 11.1 Å². The van der Waals surface area contributed by atoms with Crippen LogP contribution in [0.1, 0.15) is 22.8 Å². The minimum absolute atomic E-state index is 0.231. The van der Waals surface area contributed by atoms with Gasteiger partial charge < -0.3 is 14.8 Å². The Balaban J connectivity index is 1.97. The molecule has 0 unspecified atom stereocenters. The van der Waals surface area contributed by atoms with E-state index < -0.39 is 12.0 Å². The number of benzene rings is 2. The summed E-state index contributed by atoms with van der Waals surface area (Å²) in [5.41, 5.74) is 3.41. The Hall–Kier alpha value is -3.32. The number of thiophene rings is 1. The van der Waals surface area contributed by atoms with Crippen molar-refractivity contribution in [1.29, 1.82) is 0 Å². The van der Waals surface area contributed by atoms with Crippen LogP contribution >= 0.6 is 11.3 Å². The summed E-state index contributed by atoms with van der Waals surface area (Å²) in [6, 6.07) is 14.4. The van der Waals surface area contributed by atoms with Crippen molar-refractivity contribution in [2.24, 2.45) is 0 Å². The maximum absolute atomic E-state index is 12.7. The number of nitrogens with one attached hydrogen (secondary N) is 2. The van der Waals surface area contributed by atoms with Crippen molar-refractivity contribution in [3.05, 3.63) is 65.0 Å². The molecular weight excluding hydrogens is 388 g/mol. The summed E-state index contributed by atoms with van der Waals surface area (Å²) in [5.74, 6) is 0.140. The highest BCUT2D eigenvalue weighted by Gasteiger charge is 2.24. The van der Waals surface area contributed by atoms with E-state index >= 15 is 0 Å². The summed E-state index contributed by atoms with van der Waals surface area (Å²) in [6.45, 7) is 3.94. The third-order valence-electron chi connectivity index (χ3n) is 4.17. The average molecular weight is 410 g/mol. The van der Waals surface area contributed by atoms with Crippen LogP contribution in [0, 0.1) is 6.92 Å². The van der Waals surface area contributed by atoms with Crippen molar-refractivity contribution in [2.75, 3.05) is 24.4 Å². The first-order valence-corrected chi connectivity index (χ1v) is 9.98. The highest BCUT2D eigenvalue weighted by molar-refractivity contribution is 7.15. The number of hydrogen-bond acceptors (Lipinski definition) is 5. The van der Waals surface area contributed by atoms with Crippen LogP contribution in [-0.4, -0.2) is 25.7 Å². The minimum Gasteiger partial charge on any atom is -0.496 e. The van der Waals surface area contributed by atoms with Gasteiger partial charge in [0.05, 0.1) is 13.7 Å². The molecule has 29 heavy (non-hydrogen) atoms. The highest BCUT2D eigenvalue weighted by Crippen LogP contribution is 2.40. The fourth-order valence-corrected chi connectivity index (χ4v) is 3.82. The number of esters is 1. The molecule has 6 nitrogen and oxygen atoms in total. The van der Waals surface area contributed by atoms with E-state index in [1.165, 1.54) is 11.3 Å². The van der Waals surface area contributed by atoms with E-state index in [9.17, 15) is 9.59 Å². The summed E-state index contributed by atoms with van der Waals surface area (Å²) in [7, 11) is 1.58. The Morgan fingerprint density at radius 2 is 1.79 bits per heavy atom. The molecule has 0 aliphatic carbocycles. The monoisotopic (exact) mass is 410 g/mol. The SMILES string of the molecule is CCOC(=O)c1c(-c2cc(C)ccc2OC)csc1NC(=O)Nc1ccccc1. The molecule has 150 valence electrons. The molecule has 0 aliphatic heterocycles. The Labute approximate surface area is 173 Å². The second kappa shape index (κ2) is 9.25. The second-order valence-corrected chi connectivity index (χ2v) is 7.10. The van der Waals surface area contributed by atoms with Gasteiger partial charge in [-0.05, 0) is 38.1 Å². The molecule has 0 radical (unpaired) electrons. The molecule has 3 rings (SSSR count). The van der Waals surface area contributed by atoms with Gasteiger partial charge >= 0.3 is 12.0 Å². The van der Waals surface area contributed by atoms with Crippen LogP contribution in [0.3, 0.4) is 0 Å². The van der Waals surface area contributed by atoms with E-state index in [0.717, 1.165) is 11.1 Å². The first-order chi connectivity index (χ1) is 14.0. The third kappa shape index (κ3) is 4.75. The van der Waals surface area contributed by atoms with Crippen LogP contribution < -0.4 is 15.4 Å². The highest BCUT2D eigenvalue weighted by atomic mass is 32.1. The molecule has 0 atom stereocenters. The second-order valence-electron chi connectivity index (χ2n) is 6.22. The van der Waals surface area contributed by atoms with E-state index in [-0.39, 0.29) is 6.61 Å². The third-order valence-corrected chi connectivity index (χ3v) is 5.07. The van der Waals surface area contributed by atoms with Gasteiger partial charge in [0, 0.05) is 22.2 Å². The maximum Gasteiger partial charge on any atom is 0.341 e. The zero-order valence-corrected chi connectivity index (χ0v) is 17.3. The number of ether oxygens (including phenoxy) is 2. The van der Waals surface area contributed by atoms with Gasteiger partial charge in [-0.1, -0.05) is 29.8 Å². The predicted molar refractivity (Wildman–Crippen MR) is 116 cm³/mol. The number of urea groups is 1. The molecule has 1 aromatic heterocycles. The van der Waals surface area contributed by atoms with Crippen LogP contribution in [0.15, 0.2) is 53.9 Å². The first-order valence-electron chi connectivity index (χ1n) is 9.10. The molecule has 0 spiro atoms. The molecule has 0 bridgehead atoms. The molecule has 7 heteroatoms. The summed E-state index contributed by atoms with van der Waals surface area (Å²) in [5, 5.41) is 7.75. The average Bonchev–Trinajstić information content (AvgIpc) is 3.12. The van der Waals surface area contributed by atoms with Crippen molar-refractivity contribution >= 4 is 34.0 Å². The van der Waals surface area contributed by atoms with E-state index in [1.54, 1.807) is 26.2 Å². The number of methoxy groups -OCH3 is 1. The van der Waals surface area contributed by atoms with Crippen molar-refractivity contribution in [3.8, 4) is 16.9 Å². The van der Waals surface area contributed by atoms with E-state index in [2.05, 4.69) is 10.6 Å². The molecule has 2 aromatic carbocycles. The number of amides is 2. The lowest BCUT2D eigenvalue weighted by Gasteiger charge is -2.12. The van der Waals surface area contributed by atoms with Crippen molar-refractivity contribution in [1.82, 2.24) is 0 Å². The molecule has 0 saturated carbocycles. The molecule has 2 N–H and O–H groups in total. The topological polar surface area (TPSA) is 76.7 Å². The fraction of sp³-hybridized carbons (Fsp3) is 0.182. The lowest BCUT2D eigenvalue weighted by atomic mass is 10.0. The van der Waals surface area contributed by atoms with Crippen LogP contribution in [0.4, 0.5) is 15.5 Å². The van der Waals surface area contributed by atoms with Gasteiger partial charge in [0.1, 0.15) is 16.3 Å². The molecule has 1 heterocycles. The van der Waals surface area contributed by atoms with Crippen molar-refractivity contribution in [3.63, 3.8) is 0 Å². The Kier molecular flexibility index (Phi) is 6.51. The van der Waals surface area contributed by atoms with E-state index in [0.29, 0.717) is 27.6 Å². The molecule has 0 saturated heterocycles. The van der Waals surface area contributed by atoms with Crippen LogP contribution in [0.2, 0.25) is 0 Å². The molecule has 0 fully saturated rings. The van der Waals surface area contributed by atoms with Gasteiger partial charge in [-0.15, -0.1) is 11.3 Å². The Morgan fingerprint density at radius 3 is 2.48 bits per heavy atom. The molecule has 0 aliphatic rings. The van der Waals surface area contributed by atoms with Crippen LogP contribution in [-0.2, 0) is 4.74 Å². The molecule has 3 aromatic rings. The van der Waals surface area contributed by atoms with Crippen molar-refractivity contribution < 1.29 is 19.1 Å². The van der Waals surface area contributed by atoms with Gasteiger partial charge in [-0.3, -0.25) is 5.32 Å². The van der Waals surface area contributed by atoms with Crippen molar-refractivity contribution in [2.45, 2.75) is 13.8 Å². The fourth-order valence-electron chi connectivity index (χ4n) is 2.87. The zero-order chi connectivity index (χ0) is 20.8. The minimum atomic E-state index is -0.498. The zero-order valence-electron chi connectivity index (χ0n) is 16.4. The Bertz CT molecular complexity index is 1010. The Morgan fingerprint density at radius 1 is 1.03 bits per heavy atom. The number of anilines is 2. The smallest absolute Gasteiger partial charge is 0.341 e. The largest absolute Gasteiger partial charge is 0.496 e. The van der Waals surface area contributed by atoms with Gasteiger partial charge in [0.15, 0.2) is 0 Å². The normalized spacial score (nSPS) is 10.3. The maximum atomic E-state index is 12.7. The summed E-state index contributed by atoms with van der Waals surface area (Å²) < 4.78 is 10.7. The lowest BCUT2D eigenvalue weighted by molar-refractivity contribution is 0.0529. The van der Waals surface area contributed by atoms with Crippen LogP contribution in [0.5, 0.6) is 5.75 Å². The van der Waals surface area contributed by atoms with Gasteiger partial charge in [0.2, 0.25) is 0 Å². The lowest BCUT2D eigenvalue weighted by Crippen LogP contribution is -2.20. The van der Waals surface area contributed by atoms with Gasteiger partial charge in [-0.2, -0.15) is 0 Å². The number of hydrogen-bond donors (Lipinski definition) is 2. The number of carbonyl (C=O) groups excluding carboxylic acids is 2. The van der Waals surface area contributed by atoms with Gasteiger partial charge in [-0.25, -0.2) is 9.59 Å². The quantitative estimate of drug-likeness (QED) is 0.522. The number of aryl methyl sites for hydroxylation is 1. The summed E-state index contributed by atoms with van der Waals surface area (Å²) in [4.78, 5) is 25.2. The first kappa shape index (κ1) is 20.4. The van der Waals surface area contributed by atoms with Gasteiger partial charge in [0.25, 0.3) is 0 Å². The number of carbonyl (C=O) groups is 2. The molecule has 2 amide bonds.